The van der Waals surface area contributed by atoms with E-state index in [4.69, 9.17) is 4.74 Å². The summed E-state index contributed by atoms with van der Waals surface area (Å²) < 4.78 is 5.52. The Kier molecular flexibility index (Phi) is 4.04. The molecular formula is C16H24N4O3. The minimum Gasteiger partial charge on any atom is -0.505 e. The first-order chi connectivity index (χ1) is 10.8. The smallest absolute Gasteiger partial charge is 0.410 e. The van der Waals surface area contributed by atoms with Crippen LogP contribution in [0.3, 0.4) is 0 Å². The third-order valence-electron chi connectivity index (χ3n) is 4.37. The van der Waals surface area contributed by atoms with Crippen LogP contribution < -0.4 is 4.90 Å². The summed E-state index contributed by atoms with van der Waals surface area (Å²) in [5, 5.41) is 9.29. The van der Waals surface area contributed by atoms with Crippen molar-refractivity contribution in [2.45, 2.75) is 45.3 Å². The van der Waals surface area contributed by atoms with Gasteiger partial charge in [0.05, 0.1) is 12.4 Å². The van der Waals surface area contributed by atoms with Crippen LogP contribution in [0, 0.1) is 5.92 Å². The summed E-state index contributed by atoms with van der Waals surface area (Å²) in [5.74, 6) is 1.12. The molecule has 0 bridgehead atoms. The lowest BCUT2D eigenvalue weighted by atomic mass is 9.93. The molecule has 1 aromatic rings. The van der Waals surface area contributed by atoms with E-state index in [9.17, 15) is 9.90 Å². The molecule has 1 aromatic heterocycles. The summed E-state index contributed by atoms with van der Waals surface area (Å²) in [5.41, 5.74) is -0.463. The summed E-state index contributed by atoms with van der Waals surface area (Å²) in [6.07, 6.45) is 4.47. The molecular weight excluding hydrogens is 296 g/mol. The maximum atomic E-state index is 12.3. The highest BCUT2D eigenvalue weighted by Gasteiger charge is 2.42. The Labute approximate surface area is 136 Å². The Hall–Kier alpha value is -2.05. The van der Waals surface area contributed by atoms with Gasteiger partial charge in [0.2, 0.25) is 5.95 Å². The number of amides is 1. The van der Waals surface area contributed by atoms with Crippen molar-refractivity contribution in [3.63, 3.8) is 0 Å². The van der Waals surface area contributed by atoms with Crippen molar-refractivity contribution in [1.82, 2.24) is 14.9 Å². The molecule has 0 spiro atoms. The topological polar surface area (TPSA) is 78.8 Å². The maximum absolute atomic E-state index is 12.3. The molecule has 3 heterocycles. The van der Waals surface area contributed by atoms with Crippen LogP contribution in [-0.2, 0) is 4.74 Å². The monoisotopic (exact) mass is 320 g/mol. The zero-order valence-corrected chi connectivity index (χ0v) is 13.9. The quantitative estimate of drug-likeness (QED) is 0.853. The number of piperidine rings is 1. The summed E-state index contributed by atoms with van der Waals surface area (Å²) in [6.45, 7) is 8.05. The third kappa shape index (κ3) is 3.48. The lowest BCUT2D eigenvalue weighted by molar-refractivity contribution is 0.0194. The Balaban J connectivity index is 1.64. The van der Waals surface area contributed by atoms with Crippen molar-refractivity contribution >= 4 is 12.0 Å². The predicted octanol–water partition coefficient (Wildman–Crippen LogP) is 2.02. The number of likely N-dealkylation sites (tertiary alicyclic amines) is 1. The molecule has 2 unspecified atom stereocenters. The van der Waals surface area contributed by atoms with Crippen LogP contribution in [0.2, 0.25) is 0 Å². The SMILES string of the molecule is CC(C)(C)OC(=O)N1CCC2CN(c3ncc(O)cn3)CCC21. The molecule has 0 aliphatic carbocycles. The fraction of sp³-hybridized carbons (Fsp3) is 0.688. The number of carbonyl (C=O) groups excluding carboxylic acids is 1. The molecule has 0 saturated carbocycles. The summed E-state index contributed by atoms with van der Waals surface area (Å²) in [4.78, 5) is 24.7. The normalized spacial score (nSPS) is 24.5. The highest BCUT2D eigenvalue weighted by molar-refractivity contribution is 5.69. The largest absolute Gasteiger partial charge is 0.505 e. The van der Waals surface area contributed by atoms with E-state index in [2.05, 4.69) is 14.9 Å². The van der Waals surface area contributed by atoms with Gasteiger partial charge in [-0.3, -0.25) is 0 Å². The standard InChI is InChI=1S/C16H24N4O3/c1-16(2,3)23-15(22)20-7-4-11-10-19(6-5-13(11)20)14-17-8-12(21)9-18-14/h8-9,11,13,21H,4-7,10H2,1-3H3. The fourth-order valence-corrected chi connectivity index (χ4v) is 3.39. The number of anilines is 1. The van der Waals surface area contributed by atoms with Gasteiger partial charge < -0.3 is 19.6 Å². The van der Waals surface area contributed by atoms with Gasteiger partial charge in [-0.25, -0.2) is 14.8 Å². The van der Waals surface area contributed by atoms with Crippen LogP contribution in [0.5, 0.6) is 5.75 Å². The number of aromatic nitrogens is 2. The van der Waals surface area contributed by atoms with Gasteiger partial charge in [0.1, 0.15) is 5.60 Å². The van der Waals surface area contributed by atoms with Crippen LogP contribution in [0.25, 0.3) is 0 Å². The first-order valence-electron chi connectivity index (χ1n) is 8.09. The number of rotatable bonds is 1. The molecule has 2 saturated heterocycles. The van der Waals surface area contributed by atoms with E-state index in [1.54, 1.807) is 0 Å². The van der Waals surface area contributed by atoms with E-state index in [0.29, 0.717) is 11.9 Å². The van der Waals surface area contributed by atoms with Crippen molar-refractivity contribution in [3.8, 4) is 5.75 Å². The number of fused-ring (bicyclic) bond motifs is 1. The number of ether oxygens (including phenoxy) is 1. The molecule has 1 N–H and O–H groups in total. The molecule has 3 rings (SSSR count). The first-order valence-corrected chi connectivity index (χ1v) is 8.09. The molecule has 1 amide bonds. The molecule has 126 valence electrons. The number of carbonyl (C=O) groups is 1. The number of hydrogen-bond donors (Lipinski definition) is 1. The first kappa shape index (κ1) is 15.8. The van der Waals surface area contributed by atoms with E-state index >= 15 is 0 Å². The van der Waals surface area contributed by atoms with Crippen molar-refractivity contribution < 1.29 is 14.6 Å². The van der Waals surface area contributed by atoms with Gasteiger partial charge >= 0.3 is 6.09 Å². The predicted molar refractivity (Wildman–Crippen MR) is 85.4 cm³/mol. The second kappa shape index (κ2) is 5.86. The van der Waals surface area contributed by atoms with Crippen LogP contribution in [0.1, 0.15) is 33.6 Å². The van der Waals surface area contributed by atoms with E-state index < -0.39 is 5.60 Å². The summed E-state index contributed by atoms with van der Waals surface area (Å²) in [7, 11) is 0. The van der Waals surface area contributed by atoms with Crippen LogP contribution in [-0.4, -0.2) is 57.3 Å². The average molecular weight is 320 g/mol. The average Bonchev–Trinajstić information content (AvgIpc) is 2.89. The lowest BCUT2D eigenvalue weighted by Gasteiger charge is -2.38. The van der Waals surface area contributed by atoms with Crippen LogP contribution in [0.4, 0.5) is 10.7 Å². The minimum absolute atomic E-state index is 0.0700. The molecule has 7 heteroatoms. The Morgan fingerprint density at radius 1 is 1.26 bits per heavy atom. The van der Waals surface area contributed by atoms with Crippen molar-refractivity contribution in [2.24, 2.45) is 5.92 Å². The zero-order valence-electron chi connectivity index (χ0n) is 13.9. The van der Waals surface area contributed by atoms with Gasteiger partial charge in [-0.2, -0.15) is 0 Å². The highest BCUT2D eigenvalue weighted by Crippen LogP contribution is 2.33. The third-order valence-corrected chi connectivity index (χ3v) is 4.37. The van der Waals surface area contributed by atoms with Gasteiger partial charge in [0, 0.05) is 25.7 Å². The zero-order chi connectivity index (χ0) is 16.6. The number of nitrogens with zero attached hydrogens (tertiary/aromatic N) is 4. The summed E-state index contributed by atoms with van der Waals surface area (Å²) >= 11 is 0. The minimum atomic E-state index is -0.463. The van der Waals surface area contributed by atoms with Gasteiger partial charge in [-0.1, -0.05) is 0 Å². The van der Waals surface area contributed by atoms with Gasteiger partial charge in [-0.05, 0) is 39.5 Å². The molecule has 0 radical (unpaired) electrons. The van der Waals surface area contributed by atoms with Crippen molar-refractivity contribution in [2.75, 3.05) is 24.5 Å². The summed E-state index contributed by atoms with van der Waals surface area (Å²) in [6, 6.07) is 0.234. The molecule has 2 fully saturated rings. The highest BCUT2D eigenvalue weighted by atomic mass is 16.6. The van der Waals surface area contributed by atoms with E-state index in [1.807, 2.05) is 25.7 Å². The van der Waals surface area contributed by atoms with Gasteiger partial charge in [0.25, 0.3) is 0 Å². The van der Waals surface area contributed by atoms with Crippen molar-refractivity contribution in [3.05, 3.63) is 12.4 Å². The second-order valence-electron chi connectivity index (χ2n) is 7.27. The maximum Gasteiger partial charge on any atom is 0.410 e. The second-order valence-corrected chi connectivity index (χ2v) is 7.27. The van der Waals surface area contributed by atoms with Crippen LogP contribution in [0.15, 0.2) is 12.4 Å². The molecule has 2 aliphatic heterocycles. The molecule has 7 nitrogen and oxygen atoms in total. The Morgan fingerprint density at radius 2 is 1.96 bits per heavy atom. The number of hydrogen-bond acceptors (Lipinski definition) is 6. The van der Waals surface area contributed by atoms with Gasteiger partial charge in [0.15, 0.2) is 5.75 Å². The van der Waals surface area contributed by atoms with E-state index in [0.717, 1.165) is 32.5 Å². The molecule has 2 atom stereocenters. The fourth-order valence-electron chi connectivity index (χ4n) is 3.39. The Bertz CT molecular complexity index is 570. The number of aromatic hydroxyl groups is 1. The van der Waals surface area contributed by atoms with Crippen LogP contribution >= 0.6 is 0 Å². The molecule has 23 heavy (non-hydrogen) atoms. The van der Waals surface area contributed by atoms with Gasteiger partial charge in [-0.15, -0.1) is 0 Å². The molecule has 0 aromatic carbocycles. The van der Waals surface area contributed by atoms with Crippen molar-refractivity contribution in [1.29, 1.82) is 0 Å². The lowest BCUT2D eigenvalue weighted by Crippen LogP contribution is -2.49. The van der Waals surface area contributed by atoms with E-state index in [-0.39, 0.29) is 17.9 Å². The molecule has 2 aliphatic rings. The Morgan fingerprint density at radius 3 is 2.61 bits per heavy atom. The van der Waals surface area contributed by atoms with E-state index in [1.165, 1.54) is 12.4 Å².